The summed E-state index contributed by atoms with van der Waals surface area (Å²) in [5, 5.41) is 4.08. The molecule has 0 saturated heterocycles. The van der Waals surface area contributed by atoms with Crippen LogP contribution in [0.3, 0.4) is 0 Å². The van der Waals surface area contributed by atoms with Crippen LogP contribution in [-0.4, -0.2) is 24.3 Å². The number of ether oxygens (including phenoxy) is 1. The van der Waals surface area contributed by atoms with Crippen molar-refractivity contribution in [2.24, 2.45) is 10.6 Å². The number of nitrogens with zero attached hydrogens (tertiary/aromatic N) is 1. The predicted molar refractivity (Wildman–Crippen MR) is 96.3 cm³/mol. The first-order valence-electron chi connectivity index (χ1n) is 8.76. The zero-order valence-electron chi connectivity index (χ0n) is 14.7. The zero-order valence-corrected chi connectivity index (χ0v) is 14.7. The summed E-state index contributed by atoms with van der Waals surface area (Å²) in [6.45, 7) is 5.83. The summed E-state index contributed by atoms with van der Waals surface area (Å²) in [7, 11) is 0. The summed E-state index contributed by atoms with van der Waals surface area (Å²) in [5.41, 5.74) is 0.258. The first-order valence-corrected chi connectivity index (χ1v) is 8.76. The average Bonchev–Trinajstić information content (AvgIpc) is 3.05. The summed E-state index contributed by atoms with van der Waals surface area (Å²) >= 11 is 0. The van der Waals surface area contributed by atoms with Crippen LogP contribution in [0.25, 0.3) is 0 Å². The highest BCUT2D eigenvalue weighted by atomic mass is 16.7. The van der Waals surface area contributed by atoms with Crippen LogP contribution in [0.1, 0.15) is 55.8 Å². The molecule has 0 bridgehead atoms. The first-order chi connectivity index (χ1) is 12.1. The van der Waals surface area contributed by atoms with E-state index < -0.39 is 11.4 Å². The van der Waals surface area contributed by atoms with Gasteiger partial charge in [0.05, 0.1) is 17.9 Å². The van der Waals surface area contributed by atoms with Gasteiger partial charge in [-0.25, -0.2) is 4.79 Å². The van der Waals surface area contributed by atoms with E-state index in [0.29, 0.717) is 37.1 Å². The molecule has 1 unspecified atom stereocenters. The molecule has 0 heterocycles. The minimum atomic E-state index is -0.782. The van der Waals surface area contributed by atoms with Gasteiger partial charge in [-0.3, -0.25) is 4.79 Å². The molecule has 134 valence electrons. The second-order valence-electron chi connectivity index (χ2n) is 6.12. The minimum absolute atomic E-state index is 0.272. The van der Waals surface area contributed by atoms with Crippen molar-refractivity contribution in [1.29, 1.82) is 0 Å². The highest BCUT2D eigenvalue weighted by molar-refractivity contribution is 6.08. The number of carbonyl (C=O) groups excluding carboxylic acids is 2. The van der Waals surface area contributed by atoms with Gasteiger partial charge in [0, 0.05) is 0 Å². The third kappa shape index (κ3) is 4.56. The fraction of sp³-hybridized carbons (Fsp3) is 0.450. The van der Waals surface area contributed by atoms with E-state index in [2.05, 4.69) is 11.7 Å². The van der Waals surface area contributed by atoms with Crippen molar-refractivity contribution in [3.05, 3.63) is 48.6 Å². The molecule has 1 aliphatic rings. The Hall–Kier alpha value is -2.43. The molecule has 1 saturated carbocycles. The van der Waals surface area contributed by atoms with Crippen molar-refractivity contribution < 1.29 is 19.2 Å². The second-order valence-corrected chi connectivity index (χ2v) is 6.12. The van der Waals surface area contributed by atoms with Crippen molar-refractivity contribution >= 4 is 17.7 Å². The molecular weight excluding hydrogens is 318 g/mol. The zero-order chi connectivity index (χ0) is 18.1. The van der Waals surface area contributed by atoms with E-state index in [4.69, 9.17) is 9.57 Å². The Morgan fingerprint density at radius 3 is 2.76 bits per heavy atom. The summed E-state index contributed by atoms with van der Waals surface area (Å²) in [4.78, 5) is 29.8. The fourth-order valence-corrected chi connectivity index (χ4v) is 3.21. The number of carbonyl (C=O) groups is 2. The highest BCUT2D eigenvalue weighted by Gasteiger charge is 2.48. The lowest BCUT2D eigenvalue weighted by molar-refractivity contribution is -0.151. The van der Waals surface area contributed by atoms with E-state index >= 15 is 0 Å². The maximum Gasteiger partial charge on any atom is 0.365 e. The molecule has 0 spiro atoms. The Labute approximate surface area is 148 Å². The van der Waals surface area contributed by atoms with Gasteiger partial charge in [0.2, 0.25) is 0 Å². The second kappa shape index (κ2) is 9.16. The van der Waals surface area contributed by atoms with Crippen LogP contribution in [0.4, 0.5) is 0 Å². The number of allylic oxidation sites excluding steroid dienone is 1. The number of unbranched alkanes of at least 4 members (excludes halogenated alkanes) is 1. The van der Waals surface area contributed by atoms with Gasteiger partial charge in [-0.15, -0.1) is 6.58 Å². The normalized spacial score (nSPS) is 21.1. The number of rotatable bonds is 8. The highest BCUT2D eigenvalue weighted by Crippen LogP contribution is 2.41. The average molecular weight is 343 g/mol. The molecule has 1 aromatic rings. The molecule has 1 atom stereocenters. The predicted octanol–water partition coefficient (Wildman–Crippen LogP) is 4.29. The molecule has 1 aliphatic carbocycles. The van der Waals surface area contributed by atoms with Gasteiger partial charge in [0.25, 0.3) is 0 Å². The SMILES string of the molecule is C=CCCCC1(C(=O)OCC)CCC/C1=N\OC(=O)c1ccccc1. The van der Waals surface area contributed by atoms with Gasteiger partial charge in [-0.2, -0.15) is 0 Å². The molecule has 5 nitrogen and oxygen atoms in total. The van der Waals surface area contributed by atoms with E-state index in [-0.39, 0.29) is 5.97 Å². The van der Waals surface area contributed by atoms with Crippen molar-refractivity contribution in [2.45, 2.75) is 45.4 Å². The van der Waals surface area contributed by atoms with Gasteiger partial charge >= 0.3 is 11.9 Å². The van der Waals surface area contributed by atoms with Gasteiger partial charge in [-0.1, -0.05) is 29.4 Å². The summed E-state index contributed by atoms with van der Waals surface area (Å²) in [6.07, 6.45) is 6.22. The van der Waals surface area contributed by atoms with Crippen LogP contribution in [0.2, 0.25) is 0 Å². The lowest BCUT2D eigenvalue weighted by atomic mass is 9.79. The van der Waals surface area contributed by atoms with Gasteiger partial charge in [0.15, 0.2) is 0 Å². The Kier molecular flexibility index (Phi) is 6.92. The van der Waals surface area contributed by atoms with Crippen molar-refractivity contribution in [2.75, 3.05) is 6.61 Å². The molecule has 1 fully saturated rings. The molecule has 25 heavy (non-hydrogen) atoms. The molecule has 0 aliphatic heterocycles. The lowest BCUT2D eigenvalue weighted by Crippen LogP contribution is -2.37. The minimum Gasteiger partial charge on any atom is -0.465 e. The maximum atomic E-state index is 12.6. The third-order valence-corrected chi connectivity index (χ3v) is 4.50. The Bertz CT molecular complexity index is 638. The number of hydrogen-bond donors (Lipinski definition) is 0. The Balaban J connectivity index is 2.18. The van der Waals surface area contributed by atoms with Crippen LogP contribution in [-0.2, 0) is 14.4 Å². The Morgan fingerprint density at radius 2 is 2.08 bits per heavy atom. The number of benzene rings is 1. The van der Waals surface area contributed by atoms with Gasteiger partial charge < -0.3 is 9.57 Å². The number of esters is 1. The van der Waals surface area contributed by atoms with E-state index in [1.54, 1.807) is 31.2 Å². The summed E-state index contributed by atoms with van der Waals surface area (Å²) in [6, 6.07) is 8.68. The standard InChI is InChI=1S/C20H25NO4/c1-3-5-9-14-20(19(23)24-4-2)15-10-13-17(20)21-25-18(22)16-11-7-6-8-12-16/h3,6-8,11-12H,1,4-5,9-10,13-15H2,2H3/b21-17+. The third-order valence-electron chi connectivity index (χ3n) is 4.50. The Morgan fingerprint density at radius 1 is 1.32 bits per heavy atom. The lowest BCUT2D eigenvalue weighted by Gasteiger charge is -2.26. The molecule has 0 aromatic heterocycles. The van der Waals surface area contributed by atoms with Crippen molar-refractivity contribution in [1.82, 2.24) is 0 Å². The molecule has 0 N–H and O–H groups in total. The maximum absolute atomic E-state index is 12.6. The molecular formula is C20H25NO4. The quantitative estimate of drug-likeness (QED) is 0.232. The monoisotopic (exact) mass is 343 g/mol. The van der Waals surface area contributed by atoms with Crippen LogP contribution in [0, 0.1) is 5.41 Å². The van der Waals surface area contributed by atoms with Crippen molar-refractivity contribution in [3.63, 3.8) is 0 Å². The van der Waals surface area contributed by atoms with Crippen molar-refractivity contribution in [3.8, 4) is 0 Å². The molecule has 0 amide bonds. The van der Waals surface area contributed by atoms with Crippen LogP contribution >= 0.6 is 0 Å². The van der Waals surface area contributed by atoms with Gasteiger partial charge in [-0.05, 0) is 57.6 Å². The summed E-state index contributed by atoms with van der Waals surface area (Å²) < 4.78 is 5.30. The molecule has 1 aromatic carbocycles. The van der Waals surface area contributed by atoms with E-state index in [0.717, 1.165) is 19.3 Å². The van der Waals surface area contributed by atoms with E-state index in [1.807, 2.05) is 12.1 Å². The molecule has 5 heteroatoms. The molecule has 2 rings (SSSR count). The van der Waals surface area contributed by atoms with E-state index in [9.17, 15) is 9.59 Å². The van der Waals surface area contributed by atoms with Crippen LogP contribution < -0.4 is 0 Å². The topological polar surface area (TPSA) is 65.0 Å². The summed E-state index contributed by atoms with van der Waals surface area (Å²) in [5.74, 6) is -0.796. The number of hydrogen-bond acceptors (Lipinski definition) is 5. The largest absolute Gasteiger partial charge is 0.465 e. The van der Waals surface area contributed by atoms with E-state index in [1.165, 1.54) is 0 Å². The molecule has 0 radical (unpaired) electrons. The fourth-order valence-electron chi connectivity index (χ4n) is 3.21. The smallest absolute Gasteiger partial charge is 0.365 e. The van der Waals surface area contributed by atoms with Crippen LogP contribution in [0.15, 0.2) is 48.1 Å². The number of oxime groups is 1. The van der Waals surface area contributed by atoms with Crippen LogP contribution in [0.5, 0.6) is 0 Å². The first kappa shape index (κ1) is 18.9. The van der Waals surface area contributed by atoms with Gasteiger partial charge in [0.1, 0.15) is 5.41 Å².